The summed E-state index contributed by atoms with van der Waals surface area (Å²) in [6.45, 7) is 1.69. The topological polar surface area (TPSA) is 54.5 Å². The van der Waals surface area contributed by atoms with Gasteiger partial charge >= 0.3 is 12.4 Å². The highest BCUT2D eigenvalue weighted by molar-refractivity contribution is 8.00. The molecule has 0 aliphatic heterocycles. The van der Waals surface area contributed by atoms with Crippen LogP contribution in [0.15, 0.2) is 33.1 Å². The number of benzene rings is 1. The monoisotopic (exact) mass is 410 g/mol. The van der Waals surface area contributed by atoms with E-state index in [0.29, 0.717) is 27.5 Å². The van der Waals surface area contributed by atoms with Crippen LogP contribution >= 0.6 is 23.1 Å². The van der Waals surface area contributed by atoms with Crippen LogP contribution in [0.1, 0.15) is 17.0 Å². The van der Waals surface area contributed by atoms with E-state index in [-0.39, 0.29) is 17.3 Å². The van der Waals surface area contributed by atoms with Crippen LogP contribution in [0.4, 0.5) is 26.3 Å². The molecule has 0 aliphatic carbocycles. The van der Waals surface area contributed by atoms with Gasteiger partial charge in [0.25, 0.3) is 0 Å². The van der Waals surface area contributed by atoms with Crippen molar-refractivity contribution in [2.45, 2.75) is 28.8 Å². The molecule has 1 N–H and O–H groups in total. The largest absolute Gasteiger partial charge is 0.416 e. The van der Waals surface area contributed by atoms with Crippen LogP contribution in [-0.2, 0) is 12.4 Å². The molecule has 0 atom stereocenters. The molecule has 12 heteroatoms. The van der Waals surface area contributed by atoms with Crippen molar-refractivity contribution >= 4 is 23.1 Å². The lowest BCUT2D eigenvalue weighted by Gasteiger charge is -2.13. The van der Waals surface area contributed by atoms with E-state index in [9.17, 15) is 26.3 Å². The van der Waals surface area contributed by atoms with E-state index in [1.54, 1.807) is 6.92 Å². The van der Waals surface area contributed by atoms with Crippen LogP contribution < -0.4 is 0 Å². The summed E-state index contributed by atoms with van der Waals surface area (Å²) in [5.74, 6) is 0.567. The Balaban J connectivity index is 1.98. The fourth-order valence-electron chi connectivity index (χ4n) is 1.99. The van der Waals surface area contributed by atoms with Gasteiger partial charge in [0.05, 0.1) is 16.8 Å². The van der Waals surface area contributed by atoms with E-state index in [4.69, 9.17) is 0 Å². The minimum atomic E-state index is -4.90. The van der Waals surface area contributed by atoms with Crippen LogP contribution in [-0.4, -0.2) is 20.2 Å². The van der Waals surface area contributed by atoms with Crippen LogP contribution in [0.2, 0.25) is 0 Å². The predicted octanol–water partition coefficient (Wildman–Crippen LogP) is 5.43. The Morgan fingerprint density at radius 2 is 1.58 bits per heavy atom. The zero-order chi connectivity index (χ0) is 19.1. The zero-order valence-electron chi connectivity index (χ0n) is 12.7. The number of nitrogens with zero attached hydrogens (tertiary/aromatic N) is 3. The first-order chi connectivity index (χ1) is 12.0. The van der Waals surface area contributed by atoms with E-state index >= 15 is 0 Å². The molecular formula is C14H8F6N4S2. The number of alkyl halides is 6. The third kappa shape index (κ3) is 4.18. The second-order valence-electron chi connectivity index (χ2n) is 5.10. The van der Waals surface area contributed by atoms with Gasteiger partial charge in [-0.25, -0.2) is 9.97 Å². The van der Waals surface area contributed by atoms with Crippen LogP contribution in [0.5, 0.6) is 0 Å². The SMILES string of the molecule is Cc1nc(Sc2nc(-c3cc(C(F)(F)F)cc(C(F)(F)F)c3)cs2)n[nH]1. The second kappa shape index (κ2) is 6.58. The van der Waals surface area contributed by atoms with Gasteiger partial charge in [-0.1, -0.05) is 0 Å². The summed E-state index contributed by atoms with van der Waals surface area (Å²) in [7, 11) is 0. The first kappa shape index (κ1) is 18.7. The van der Waals surface area contributed by atoms with Gasteiger partial charge < -0.3 is 0 Å². The molecule has 26 heavy (non-hydrogen) atoms. The molecule has 0 fully saturated rings. The quantitative estimate of drug-likeness (QED) is 0.586. The normalized spacial score (nSPS) is 12.6. The standard InChI is InChI=1S/C14H8F6N4S2/c1-6-21-11(24-23-6)26-12-22-10(5-25-12)7-2-8(13(15,16)17)4-9(3-7)14(18,19)20/h2-5H,1H3,(H,21,23,24). The fourth-order valence-corrected chi connectivity index (χ4v) is 3.67. The third-order valence-electron chi connectivity index (χ3n) is 3.12. The predicted molar refractivity (Wildman–Crippen MR) is 82.8 cm³/mol. The lowest BCUT2D eigenvalue weighted by atomic mass is 10.0. The number of H-pyrrole nitrogens is 1. The molecule has 4 nitrogen and oxygen atoms in total. The van der Waals surface area contributed by atoms with Gasteiger partial charge in [-0.15, -0.1) is 16.4 Å². The summed E-state index contributed by atoms with van der Waals surface area (Å²) in [6, 6.07) is 1.38. The molecule has 0 saturated heterocycles. The Hall–Kier alpha value is -2.08. The lowest BCUT2D eigenvalue weighted by Crippen LogP contribution is -2.11. The smallest absolute Gasteiger partial charge is 0.262 e. The summed E-state index contributed by atoms with van der Waals surface area (Å²) in [5.41, 5.74) is -3.01. The first-order valence-corrected chi connectivity index (χ1v) is 8.54. The maximum absolute atomic E-state index is 12.9. The highest BCUT2D eigenvalue weighted by Gasteiger charge is 2.37. The van der Waals surface area contributed by atoms with E-state index in [1.165, 1.54) is 5.38 Å². The molecule has 0 aliphatic rings. The van der Waals surface area contributed by atoms with E-state index in [0.717, 1.165) is 23.1 Å². The molecule has 0 amide bonds. The Bertz CT molecular complexity index is 896. The third-order valence-corrected chi connectivity index (χ3v) is 4.93. The van der Waals surface area contributed by atoms with Crippen molar-refractivity contribution in [2.75, 3.05) is 0 Å². The van der Waals surface area contributed by atoms with Crippen molar-refractivity contribution < 1.29 is 26.3 Å². The molecule has 2 aromatic heterocycles. The number of halogens is 6. The van der Waals surface area contributed by atoms with Crippen molar-refractivity contribution in [1.29, 1.82) is 0 Å². The van der Waals surface area contributed by atoms with Gasteiger partial charge in [-0.05, 0) is 36.9 Å². The van der Waals surface area contributed by atoms with E-state index < -0.39 is 23.5 Å². The maximum atomic E-state index is 12.9. The zero-order valence-corrected chi connectivity index (χ0v) is 14.4. The highest BCUT2D eigenvalue weighted by atomic mass is 32.2. The van der Waals surface area contributed by atoms with Gasteiger partial charge in [0.2, 0.25) is 5.16 Å². The molecule has 138 valence electrons. The summed E-state index contributed by atoms with van der Waals surface area (Å²) in [5, 5.41) is 8.24. The second-order valence-corrected chi connectivity index (χ2v) is 7.17. The summed E-state index contributed by atoms with van der Waals surface area (Å²) in [4.78, 5) is 8.13. The molecule has 0 spiro atoms. The molecule has 0 saturated carbocycles. The average molecular weight is 410 g/mol. The molecule has 2 heterocycles. The number of aromatic nitrogens is 4. The molecule has 3 rings (SSSR count). The number of hydrogen-bond acceptors (Lipinski definition) is 5. The van der Waals surface area contributed by atoms with Gasteiger partial charge in [0, 0.05) is 10.9 Å². The van der Waals surface area contributed by atoms with E-state index in [2.05, 4.69) is 20.2 Å². The number of thiazole rings is 1. The van der Waals surface area contributed by atoms with Crippen LogP contribution in [0.3, 0.4) is 0 Å². The minimum absolute atomic E-state index is 0.0151. The average Bonchev–Trinajstić information content (AvgIpc) is 3.15. The number of aryl methyl sites for hydroxylation is 1. The Morgan fingerprint density at radius 1 is 0.962 bits per heavy atom. The highest BCUT2D eigenvalue weighted by Crippen LogP contribution is 2.39. The van der Waals surface area contributed by atoms with Gasteiger partial charge in [-0.2, -0.15) is 26.3 Å². The number of hydrogen-bond donors (Lipinski definition) is 1. The van der Waals surface area contributed by atoms with Gasteiger partial charge in [-0.3, -0.25) is 5.10 Å². The molecule has 1 aromatic carbocycles. The maximum Gasteiger partial charge on any atom is 0.416 e. The Morgan fingerprint density at radius 3 is 2.08 bits per heavy atom. The van der Waals surface area contributed by atoms with Crippen molar-refractivity contribution in [3.63, 3.8) is 0 Å². The number of aromatic amines is 1. The van der Waals surface area contributed by atoms with Crippen LogP contribution in [0.25, 0.3) is 11.3 Å². The molecular weight excluding hydrogens is 402 g/mol. The summed E-state index contributed by atoms with van der Waals surface area (Å²) < 4.78 is 78.0. The minimum Gasteiger partial charge on any atom is -0.262 e. The number of rotatable bonds is 3. The van der Waals surface area contributed by atoms with Gasteiger partial charge in [0.15, 0.2) is 4.34 Å². The molecule has 0 radical (unpaired) electrons. The van der Waals surface area contributed by atoms with Gasteiger partial charge in [0.1, 0.15) is 5.82 Å². The van der Waals surface area contributed by atoms with Crippen molar-refractivity contribution in [3.05, 3.63) is 40.5 Å². The van der Waals surface area contributed by atoms with Crippen molar-refractivity contribution in [2.24, 2.45) is 0 Å². The fraction of sp³-hybridized carbons (Fsp3) is 0.214. The summed E-state index contributed by atoms with van der Waals surface area (Å²) in [6.07, 6.45) is -9.81. The van der Waals surface area contributed by atoms with Crippen LogP contribution in [0, 0.1) is 6.92 Å². The molecule has 0 unspecified atom stereocenters. The van der Waals surface area contributed by atoms with Crippen molar-refractivity contribution in [1.82, 2.24) is 20.2 Å². The molecule has 3 aromatic rings. The van der Waals surface area contributed by atoms with E-state index in [1.807, 2.05) is 0 Å². The van der Waals surface area contributed by atoms with Crippen molar-refractivity contribution in [3.8, 4) is 11.3 Å². The first-order valence-electron chi connectivity index (χ1n) is 6.84. The molecule has 0 bridgehead atoms. The Kier molecular flexibility index (Phi) is 4.73. The summed E-state index contributed by atoms with van der Waals surface area (Å²) >= 11 is 2.12. The Labute approximate surface area is 150 Å². The lowest BCUT2D eigenvalue weighted by molar-refractivity contribution is -0.143. The number of nitrogens with one attached hydrogen (secondary N) is 1.